The highest BCUT2D eigenvalue weighted by Crippen LogP contribution is 2.25. The van der Waals surface area contributed by atoms with Crippen LogP contribution in [0.4, 0.5) is 10.5 Å². The minimum atomic E-state index is -0.202. The monoisotopic (exact) mass is 326 g/mol. The lowest BCUT2D eigenvalue weighted by Gasteiger charge is -2.26. The van der Waals surface area contributed by atoms with Gasteiger partial charge in [0.05, 0.1) is 11.8 Å². The van der Waals surface area contributed by atoms with Gasteiger partial charge in [-0.25, -0.2) is 4.79 Å². The third kappa shape index (κ3) is 3.94. The highest BCUT2D eigenvalue weighted by molar-refractivity contribution is 9.10. The molecule has 1 fully saturated rings. The van der Waals surface area contributed by atoms with Crippen LogP contribution in [0.2, 0.25) is 0 Å². The van der Waals surface area contributed by atoms with Gasteiger partial charge in [-0.2, -0.15) is 0 Å². The molecule has 3 N–H and O–H groups in total. The molecule has 1 aromatic rings. The van der Waals surface area contributed by atoms with Crippen molar-refractivity contribution in [2.24, 2.45) is 0 Å². The van der Waals surface area contributed by atoms with E-state index in [9.17, 15) is 9.90 Å². The molecule has 2 rings (SSSR count). The second kappa shape index (κ2) is 6.39. The summed E-state index contributed by atoms with van der Waals surface area (Å²) < 4.78 is 0.907. The van der Waals surface area contributed by atoms with Crippen molar-refractivity contribution in [2.75, 3.05) is 5.32 Å². The lowest BCUT2D eigenvalue weighted by Crippen LogP contribution is -2.40. The number of aryl methyl sites for hydroxylation is 1. The minimum absolute atomic E-state index is 0.159. The van der Waals surface area contributed by atoms with Crippen LogP contribution in [-0.4, -0.2) is 23.3 Å². The largest absolute Gasteiger partial charge is 0.393 e. The molecule has 2 amide bonds. The van der Waals surface area contributed by atoms with E-state index < -0.39 is 0 Å². The van der Waals surface area contributed by atoms with Crippen LogP contribution < -0.4 is 10.6 Å². The van der Waals surface area contributed by atoms with Crippen molar-refractivity contribution in [3.05, 3.63) is 28.2 Å². The number of rotatable bonds is 2. The summed E-state index contributed by atoms with van der Waals surface area (Å²) in [5.41, 5.74) is 1.85. The smallest absolute Gasteiger partial charge is 0.319 e. The quantitative estimate of drug-likeness (QED) is 0.781. The number of hydrogen-bond donors (Lipinski definition) is 3. The Morgan fingerprint density at radius 3 is 2.68 bits per heavy atom. The molecule has 4 nitrogen and oxygen atoms in total. The van der Waals surface area contributed by atoms with Gasteiger partial charge >= 0.3 is 6.03 Å². The highest BCUT2D eigenvalue weighted by Gasteiger charge is 2.20. The Kier molecular flexibility index (Phi) is 4.82. The molecule has 0 heterocycles. The molecule has 0 bridgehead atoms. The Labute approximate surface area is 121 Å². The number of nitrogens with one attached hydrogen (secondary N) is 2. The van der Waals surface area contributed by atoms with Crippen LogP contribution in [-0.2, 0) is 0 Å². The van der Waals surface area contributed by atoms with Crippen molar-refractivity contribution in [3.8, 4) is 0 Å². The first-order valence-corrected chi connectivity index (χ1v) is 7.36. The number of carbonyl (C=O) groups excluding carboxylic acids is 1. The van der Waals surface area contributed by atoms with Gasteiger partial charge in [-0.15, -0.1) is 0 Å². The van der Waals surface area contributed by atoms with E-state index in [4.69, 9.17) is 0 Å². The van der Waals surface area contributed by atoms with Gasteiger partial charge in [0.1, 0.15) is 0 Å². The fourth-order valence-electron chi connectivity index (χ4n) is 2.31. The zero-order valence-electron chi connectivity index (χ0n) is 10.9. The van der Waals surface area contributed by atoms with E-state index in [1.54, 1.807) is 0 Å². The van der Waals surface area contributed by atoms with E-state index in [0.29, 0.717) is 0 Å². The van der Waals surface area contributed by atoms with E-state index >= 15 is 0 Å². The second-order valence-corrected chi connectivity index (χ2v) is 5.83. The first-order valence-electron chi connectivity index (χ1n) is 6.57. The summed E-state index contributed by atoms with van der Waals surface area (Å²) in [7, 11) is 0. The van der Waals surface area contributed by atoms with Gasteiger partial charge in [-0.3, -0.25) is 0 Å². The number of benzene rings is 1. The third-order valence-corrected chi connectivity index (χ3v) is 4.52. The van der Waals surface area contributed by atoms with Gasteiger partial charge in [0.2, 0.25) is 0 Å². The molecular formula is C14H19BrN2O2. The average Bonchev–Trinajstić information content (AvgIpc) is 2.38. The third-order valence-electron chi connectivity index (χ3n) is 3.47. The molecule has 0 aromatic heterocycles. The van der Waals surface area contributed by atoms with Crippen LogP contribution in [0.25, 0.3) is 0 Å². The molecule has 1 saturated carbocycles. The molecule has 1 aliphatic rings. The number of carbonyl (C=O) groups is 1. The van der Waals surface area contributed by atoms with Gasteiger partial charge in [-0.1, -0.05) is 12.1 Å². The average molecular weight is 327 g/mol. The summed E-state index contributed by atoms with van der Waals surface area (Å²) in [5, 5.41) is 15.2. The van der Waals surface area contributed by atoms with Crippen molar-refractivity contribution in [2.45, 2.75) is 44.8 Å². The number of aliphatic hydroxyl groups excluding tert-OH is 1. The molecular weight excluding hydrogens is 308 g/mol. The molecule has 0 spiro atoms. The van der Waals surface area contributed by atoms with Crippen LogP contribution in [0, 0.1) is 6.92 Å². The Balaban J connectivity index is 1.89. The molecule has 1 aliphatic carbocycles. The first-order chi connectivity index (χ1) is 9.06. The van der Waals surface area contributed by atoms with Gasteiger partial charge in [0, 0.05) is 10.5 Å². The van der Waals surface area contributed by atoms with Crippen LogP contribution >= 0.6 is 15.9 Å². The van der Waals surface area contributed by atoms with E-state index in [1.165, 1.54) is 0 Å². The van der Waals surface area contributed by atoms with Crippen molar-refractivity contribution in [1.29, 1.82) is 0 Å². The molecule has 0 atom stereocenters. The lowest BCUT2D eigenvalue weighted by molar-refractivity contribution is 0.118. The predicted octanol–water partition coefficient (Wildman–Crippen LogP) is 3.18. The molecule has 0 unspecified atom stereocenters. The van der Waals surface area contributed by atoms with Crippen LogP contribution in [0.15, 0.2) is 22.7 Å². The van der Waals surface area contributed by atoms with Gasteiger partial charge < -0.3 is 15.7 Å². The zero-order chi connectivity index (χ0) is 13.8. The van der Waals surface area contributed by atoms with Crippen LogP contribution in [0.3, 0.4) is 0 Å². The van der Waals surface area contributed by atoms with Crippen LogP contribution in [0.5, 0.6) is 0 Å². The normalized spacial score (nSPS) is 22.9. The summed E-state index contributed by atoms with van der Waals surface area (Å²) >= 11 is 3.47. The maximum atomic E-state index is 11.9. The van der Waals surface area contributed by atoms with Crippen LogP contribution in [0.1, 0.15) is 31.2 Å². The predicted molar refractivity (Wildman–Crippen MR) is 79.3 cm³/mol. The summed E-state index contributed by atoms with van der Waals surface area (Å²) in [4.78, 5) is 11.9. The van der Waals surface area contributed by atoms with Gasteiger partial charge in [0.25, 0.3) is 0 Å². The molecule has 0 aliphatic heterocycles. The molecule has 0 saturated heterocycles. The molecule has 104 valence electrons. The van der Waals surface area contributed by atoms with E-state index in [0.717, 1.165) is 41.4 Å². The Morgan fingerprint density at radius 1 is 1.32 bits per heavy atom. The number of halogens is 1. The van der Waals surface area contributed by atoms with Gasteiger partial charge in [0.15, 0.2) is 0 Å². The summed E-state index contributed by atoms with van der Waals surface area (Å²) in [6.45, 7) is 1.98. The molecule has 5 heteroatoms. The molecule has 19 heavy (non-hydrogen) atoms. The summed E-state index contributed by atoms with van der Waals surface area (Å²) in [5.74, 6) is 0. The molecule has 0 radical (unpaired) electrons. The van der Waals surface area contributed by atoms with Crippen molar-refractivity contribution < 1.29 is 9.90 Å². The fraction of sp³-hybridized carbons (Fsp3) is 0.500. The van der Waals surface area contributed by atoms with Crippen molar-refractivity contribution in [3.63, 3.8) is 0 Å². The lowest BCUT2D eigenvalue weighted by atomic mass is 9.93. The number of hydrogen-bond acceptors (Lipinski definition) is 2. The topological polar surface area (TPSA) is 61.4 Å². The summed E-state index contributed by atoms with van der Waals surface area (Å²) in [6, 6.07) is 5.73. The Morgan fingerprint density at radius 2 is 2.00 bits per heavy atom. The maximum Gasteiger partial charge on any atom is 0.319 e. The van der Waals surface area contributed by atoms with Crippen molar-refractivity contribution in [1.82, 2.24) is 5.32 Å². The highest BCUT2D eigenvalue weighted by atomic mass is 79.9. The van der Waals surface area contributed by atoms with E-state index in [2.05, 4.69) is 26.6 Å². The van der Waals surface area contributed by atoms with E-state index in [-0.39, 0.29) is 18.2 Å². The zero-order valence-corrected chi connectivity index (χ0v) is 12.5. The van der Waals surface area contributed by atoms with E-state index in [1.807, 2.05) is 25.1 Å². The number of amides is 2. The maximum absolute atomic E-state index is 11.9. The first kappa shape index (κ1) is 14.3. The standard InChI is InChI=1S/C14H19BrN2O2/c1-9-3-2-4-12(13(9)15)17-14(19)16-10-5-7-11(18)8-6-10/h2-4,10-11,18H,5-8H2,1H3,(H2,16,17,19). The van der Waals surface area contributed by atoms with Crippen molar-refractivity contribution >= 4 is 27.6 Å². The fourth-order valence-corrected chi connectivity index (χ4v) is 2.67. The number of aliphatic hydroxyl groups is 1. The number of anilines is 1. The second-order valence-electron chi connectivity index (χ2n) is 5.04. The summed E-state index contributed by atoms with van der Waals surface area (Å²) in [6.07, 6.45) is 3.00. The SMILES string of the molecule is Cc1cccc(NC(=O)NC2CCC(O)CC2)c1Br. The van der Waals surface area contributed by atoms with Gasteiger partial charge in [-0.05, 0) is 60.2 Å². The number of urea groups is 1. The Hall–Kier alpha value is -1.07. The minimum Gasteiger partial charge on any atom is -0.393 e. The Bertz CT molecular complexity index is 457. The molecule has 1 aromatic carbocycles.